The molecular weight excluding hydrogens is 1060 g/mol. The Kier molecular flexibility index (Phi) is 23.3. The van der Waals surface area contributed by atoms with Crippen LogP contribution in [0.15, 0.2) is 47.7 Å². The van der Waals surface area contributed by atoms with Crippen molar-refractivity contribution in [3.63, 3.8) is 0 Å². The Morgan fingerprint density at radius 1 is 0.526 bits per heavy atom. The summed E-state index contributed by atoms with van der Waals surface area (Å²) in [5.74, 6) is 0.975. The zero-order chi connectivity index (χ0) is 54.2. The first kappa shape index (κ1) is 63.8. The number of ether oxygens (including phenoxy) is 1. The van der Waals surface area contributed by atoms with Crippen LogP contribution in [0.2, 0.25) is 0 Å². The molecule has 1 saturated heterocycles. The molecule has 3 saturated carbocycles. The van der Waals surface area contributed by atoms with Crippen LogP contribution in [0.25, 0.3) is 33.5 Å². The fourth-order valence-corrected chi connectivity index (χ4v) is 10.6. The zero-order valence-corrected chi connectivity index (χ0v) is 49.1. The van der Waals surface area contributed by atoms with Gasteiger partial charge in [-0.2, -0.15) is 6.92 Å². The number of hydrogen-bond acceptors (Lipinski definition) is 13. The van der Waals surface area contributed by atoms with Crippen LogP contribution < -0.4 is 50.7 Å². The molecule has 6 aromatic rings. The van der Waals surface area contributed by atoms with Gasteiger partial charge in [0, 0.05) is 88.0 Å². The molecular formula is C52H79BrMgN12O10. The topological polar surface area (TPSA) is 252 Å². The van der Waals surface area contributed by atoms with Crippen molar-refractivity contribution in [3.05, 3.63) is 88.4 Å². The summed E-state index contributed by atoms with van der Waals surface area (Å²) in [6, 6.07) is 0. The van der Waals surface area contributed by atoms with E-state index < -0.39 is 11.2 Å². The van der Waals surface area contributed by atoms with Crippen molar-refractivity contribution < 1.29 is 36.7 Å². The number of rotatable bonds is 8. The van der Waals surface area contributed by atoms with E-state index in [4.69, 9.17) is 4.74 Å². The molecule has 10 rings (SSSR count). The van der Waals surface area contributed by atoms with Gasteiger partial charge in [-0.15, -0.1) is 0 Å². The van der Waals surface area contributed by atoms with Crippen LogP contribution in [0.4, 0.5) is 0 Å². The minimum absolute atomic E-state index is 0. The molecule has 2 N–H and O–H groups in total. The van der Waals surface area contributed by atoms with Crippen LogP contribution in [0, 0.1) is 24.7 Å². The van der Waals surface area contributed by atoms with Crippen LogP contribution in [-0.2, 0) is 71.5 Å². The molecule has 3 aliphatic carbocycles. The predicted octanol–water partition coefficient (Wildman–Crippen LogP) is -0.0166. The average molecular weight is 1140 g/mol. The van der Waals surface area contributed by atoms with Gasteiger partial charge in [-0.05, 0) is 108 Å². The van der Waals surface area contributed by atoms with E-state index in [0.29, 0.717) is 66.0 Å². The number of nitrogens with zero attached hydrogens (tertiary/aromatic N) is 12. The molecule has 0 unspecified atom stereocenters. The van der Waals surface area contributed by atoms with Gasteiger partial charge in [0.2, 0.25) is 0 Å². The molecule has 0 aromatic carbocycles. The molecule has 7 heterocycles. The van der Waals surface area contributed by atoms with Crippen LogP contribution >= 0.6 is 0 Å². The number of ketones is 1. The molecule has 0 radical (unpaired) electrons. The SMILES string of the molecule is C1CCOC1.CCC1(O)CCC(Cn2c(=O)c3c(ncn3C)n(C)c2=O)CC1.CCC1(O)CCC(Cn2c(=O)c3c(ncn3C)n(C)c2=O)CC1.Cn1cnc2c1c(=O)n(CC1CCC(=O)CC1)c(=O)n2C.[Br-].[CH2-]C.[Mg+2]. The van der Waals surface area contributed by atoms with E-state index in [2.05, 4.69) is 21.9 Å². The zero-order valence-electron chi connectivity index (χ0n) is 46.1. The number of imidazole rings is 3. The third-order valence-electron chi connectivity index (χ3n) is 15.8. The van der Waals surface area contributed by atoms with Gasteiger partial charge in [-0.25, -0.2) is 29.3 Å². The Hall–Kier alpha value is -4.75. The third kappa shape index (κ3) is 14.1. The second-order valence-corrected chi connectivity index (χ2v) is 20.7. The Bertz CT molecular complexity index is 3120. The van der Waals surface area contributed by atoms with E-state index in [1.165, 1.54) is 46.6 Å². The summed E-state index contributed by atoms with van der Waals surface area (Å²) in [5.41, 5.74) is -0.406. The van der Waals surface area contributed by atoms with Gasteiger partial charge >= 0.3 is 40.1 Å². The minimum Gasteiger partial charge on any atom is -1.00 e. The number of Topliss-reactive ketones (excluding diaryl/α,β-unsaturated/α-hetero) is 1. The molecule has 76 heavy (non-hydrogen) atoms. The van der Waals surface area contributed by atoms with Crippen LogP contribution in [0.5, 0.6) is 0 Å². The van der Waals surface area contributed by atoms with Gasteiger partial charge in [-0.3, -0.25) is 46.6 Å². The van der Waals surface area contributed by atoms with Gasteiger partial charge in [-0.1, -0.05) is 13.8 Å². The first-order valence-electron chi connectivity index (χ1n) is 26.3. The van der Waals surface area contributed by atoms with Crippen molar-refractivity contribution in [2.45, 2.75) is 154 Å². The van der Waals surface area contributed by atoms with E-state index in [1.807, 2.05) is 13.8 Å². The Morgan fingerprint density at radius 3 is 1.05 bits per heavy atom. The maximum Gasteiger partial charge on any atom is 2.00 e. The number of fused-ring (bicyclic) bond motifs is 3. The molecule has 0 atom stereocenters. The second kappa shape index (κ2) is 27.7. The molecule has 24 heteroatoms. The van der Waals surface area contributed by atoms with E-state index in [-0.39, 0.29) is 97.3 Å². The molecule has 0 bridgehead atoms. The van der Waals surface area contributed by atoms with Crippen molar-refractivity contribution >= 4 is 62.3 Å². The van der Waals surface area contributed by atoms with Crippen molar-refractivity contribution in [2.75, 3.05) is 13.2 Å². The van der Waals surface area contributed by atoms with Gasteiger partial charge in [0.15, 0.2) is 33.5 Å². The van der Waals surface area contributed by atoms with Crippen molar-refractivity contribution in [3.8, 4) is 0 Å². The molecule has 22 nitrogen and oxygen atoms in total. The largest absolute Gasteiger partial charge is 2.00 e. The van der Waals surface area contributed by atoms with Crippen molar-refractivity contribution in [2.24, 2.45) is 60.0 Å². The summed E-state index contributed by atoms with van der Waals surface area (Å²) in [4.78, 5) is 98.9. The molecule has 1 aliphatic heterocycles. The number of halogens is 1. The second-order valence-electron chi connectivity index (χ2n) is 20.7. The van der Waals surface area contributed by atoms with Crippen LogP contribution in [0.3, 0.4) is 0 Å². The fourth-order valence-electron chi connectivity index (χ4n) is 10.6. The average Bonchev–Trinajstić information content (AvgIpc) is 4.26. The molecule has 0 spiro atoms. The molecule has 6 aromatic heterocycles. The quantitative estimate of drug-likeness (QED) is 0.151. The standard InChI is InChI=1S/2C16H24N4O3.C14H18N4O3.C4H8O.C2H5.BrH.Mg/c2*1-4-16(23)7-5-11(6-8-16)9-20-14(21)12-13(17-10-18(12)2)19(3)15(20)22;1-16-8-15-12-11(16)13(20)18(14(21)17(12)2)7-9-3-5-10(19)6-4-9;1-2-4-5-3-1;1-2;;/h2*10-11,23H,4-9H2,1-3H3;8-9H,3-7H2,1-2H3;1-4H2;1H2,2H3;1H;/q;;;;-1;;+2/p-1. The third-order valence-corrected chi connectivity index (χ3v) is 15.8. The van der Waals surface area contributed by atoms with Crippen molar-refractivity contribution in [1.29, 1.82) is 0 Å². The molecule has 4 aliphatic rings. The summed E-state index contributed by atoms with van der Waals surface area (Å²) in [6.45, 7) is 12.2. The summed E-state index contributed by atoms with van der Waals surface area (Å²) in [5, 5.41) is 20.6. The van der Waals surface area contributed by atoms with Gasteiger partial charge < -0.3 is 52.6 Å². The van der Waals surface area contributed by atoms with E-state index >= 15 is 0 Å². The number of aryl methyl sites for hydroxylation is 6. The number of aliphatic hydroxyl groups is 2. The number of carbonyl (C=O) groups excluding carboxylic acids is 1. The number of carbonyl (C=O) groups is 1. The molecule has 4 fully saturated rings. The molecule has 0 amide bonds. The predicted molar refractivity (Wildman–Crippen MR) is 289 cm³/mol. The van der Waals surface area contributed by atoms with Crippen LogP contribution in [-0.4, -0.2) is 120 Å². The Morgan fingerprint density at radius 2 is 0.803 bits per heavy atom. The summed E-state index contributed by atoms with van der Waals surface area (Å²) in [7, 11) is 10.2. The van der Waals surface area contributed by atoms with Crippen molar-refractivity contribution in [1.82, 2.24) is 56.1 Å². The van der Waals surface area contributed by atoms with Gasteiger partial charge in [0.25, 0.3) is 16.7 Å². The maximum atomic E-state index is 12.7. The summed E-state index contributed by atoms with van der Waals surface area (Å²) >= 11 is 0. The Balaban J connectivity index is 0.000000228. The number of hydrogen-bond donors (Lipinski definition) is 2. The minimum atomic E-state index is -0.571. The van der Waals surface area contributed by atoms with E-state index in [0.717, 1.165) is 90.3 Å². The normalized spacial score (nSPS) is 21.5. The monoisotopic (exact) mass is 1130 g/mol. The maximum absolute atomic E-state index is 12.7. The molecule has 416 valence electrons. The smallest absolute Gasteiger partial charge is 1.00 e. The number of aromatic nitrogens is 12. The van der Waals surface area contributed by atoms with E-state index in [9.17, 15) is 43.8 Å². The van der Waals surface area contributed by atoms with Gasteiger partial charge in [0.05, 0.1) is 30.2 Å². The van der Waals surface area contributed by atoms with E-state index in [1.54, 1.807) is 75.6 Å². The van der Waals surface area contributed by atoms with Gasteiger partial charge in [0.1, 0.15) is 5.78 Å². The first-order valence-corrected chi connectivity index (χ1v) is 26.3. The first-order chi connectivity index (χ1) is 35.2. The Labute approximate surface area is 468 Å². The summed E-state index contributed by atoms with van der Waals surface area (Å²) in [6.07, 6.45) is 17.6. The van der Waals surface area contributed by atoms with Crippen LogP contribution in [0.1, 0.15) is 124 Å². The fraction of sp³-hybridized carbons (Fsp3) is 0.673. The summed E-state index contributed by atoms with van der Waals surface area (Å²) < 4.78 is 18.1.